The summed E-state index contributed by atoms with van der Waals surface area (Å²) >= 11 is 0. The predicted molar refractivity (Wildman–Crippen MR) is 54.0 cm³/mol. The molecule has 1 aromatic heterocycles. The van der Waals surface area contributed by atoms with E-state index in [1.165, 1.54) is 12.8 Å². The SMILES string of the molecule is Cc1cn(C(C)C)c(NC2CC2)n1. The predicted octanol–water partition coefficient (Wildman–Crippen LogP) is 2.35. The van der Waals surface area contributed by atoms with Gasteiger partial charge in [0, 0.05) is 18.3 Å². The summed E-state index contributed by atoms with van der Waals surface area (Å²) in [5.74, 6) is 1.04. The number of aryl methyl sites for hydroxylation is 1. The molecule has 0 radical (unpaired) electrons. The van der Waals surface area contributed by atoms with E-state index < -0.39 is 0 Å². The van der Waals surface area contributed by atoms with Gasteiger partial charge in [0.1, 0.15) is 0 Å². The Bertz CT molecular complexity index is 297. The molecule has 0 saturated heterocycles. The molecule has 1 heterocycles. The van der Waals surface area contributed by atoms with Gasteiger partial charge in [0.2, 0.25) is 5.95 Å². The molecular formula is C10H17N3. The second kappa shape index (κ2) is 3.05. The van der Waals surface area contributed by atoms with Crippen LogP contribution in [0.3, 0.4) is 0 Å². The van der Waals surface area contributed by atoms with E-state index in [0.717, 1.165) is 11.6 Å². The van der Waals surface area contributed by atoms with Gasteiger partial charge in [-0.2, -0.15) is 0 Å². The largest absolute Gasteiger partial charge is 0.353 e. The molecule has 1 aliphatic carbocycles. The van der Waals surface area contributed by atoms with Gasteiger partial charge < -0.3 is 9.88 Å². The fraction of sp³-hybridized carbons (Fsp3) is 0.700. The number of hydrogen-bond acceptors (Lipinski definition) is 2. The van der Waals surface area contributed by atoms with Crippen molar-refractivity contribution in [1.29, 1.82) is 0 Å². The summed E-state index contributed by atoms with van der Waals surface area (Å²) in [6.07, 6.45) is 4.70. The molecule has 3 nitrogen and oxygen atoms in total. The van der Waals surface area contributed by atoms with Gasteiger partial charge in [-0.05, 0) is 33.6 Å². The van der Waals surface area contributed by atoms with Crippen molar-refractivity contribution in [2.75, 3.05) is 5.32 Å². The van der Waals surface area contributed by atoms with Crippen molar-refractivity contribution in [2.45, 2.75) is 45.7 Å². The van der Waals surface area contributed by atoms with Gasteiger partial charge >= 0.3 is 0 Å². The highest BCUT2D eigenvalue weighted by Crippen LogP contribution is 2.25. The lowest BCUT2D eigenvalue weighted by atomic mass is 10.4. The molecule has 3 heteroatoms. The molecule has 72 valence electrons. The van der Waals surface area contributed by atoms with E-state index in [-0.39, 0.29) is 0 Å². The summed E-state index contributed by atoms with van der Waals surface area (Å²) in [5, 5.41) is 3.44. The number of rotatable bonds is 3. The van der Waals surface area contributed by atoms with Crippen LogP contribution in [0, 0.1) is 6.92 Å². The zero-order chi connectivity index (χ0) is 9.42. The lowest BCUT2D eigenvalue weighted by Crippen LogP contribution is -2.10. The molecule has 2 rings (SSSR count). The molecule has 0 aromatic carbocycles. The molecule has 0 amide bonds. The average Bonchev–Trinajstić information content (AvgIpc) is 2.75. The second-order valence-corrected chi connectivity index (χ2v) is 4.13. The van der Waals surface area contributed by atoms with Gasteiger partial charge in [-0.25, -0.2) is 4.98 Å². The van der Waals surface area contributed by atoms with Crippen LogP contribution in [-0.2, 0) is 0 Å². The van der Waals surface area contributed by atoms with Crippen molar-refractivity contribution in [3.05, 3.63) is 11.9 Å². The van der Waals surface area contributed by atoms with Gasteiger partial charge in [-0.15, -0.1) is 0 Å². The number of aromatic nitrogens is 2. The van der Waals surface area contributed by atoms with Crippen LogP contribution in [0.2, 0.25) is 0 Å². The third kappa shape index (κ3) is 1.85. The zero-order valence-electron chi connectivity index (χ0n) is 8.54. The lowest BCUT2D eigenvalue weighted by Gasteiger charge is -2.11. The van der Waals surface area contributed by atoms with E-state index in [1.807, 2.05) is 6.92 Å². The van der Waals surface area contributed by atoms with Crippen LogP contribution in [0.15, 0.2) is 6.20 Å². The second-order valence-electron chi connectivity index (χ2n) is 4.13. The maximum atomic E-state index is 4.46. The van der Waals surface area contributed by atoms with Crippen LogP contribution >= 0.6 is 0 Å². The van der Waals surface area contributed by atoms with Crippen LogP contribution in [0.5, 0.6) is 0 Å². The summed E-state index contributed by atoms with van der Waals surface area (Å²) in [7, 11) is 0. The zero-order valence-corrected chi connectivity index (χ0v) is 8.54. The molecular weight excluding hydrogens is 162 g/mol. The van der Waals surface area contributed by atoms with E-state index in [2.05, 4.69) is 34.9 Å². The minimum atomic E-state index is 0.488. The van der Waals surface area contributed by atoms with E-state index in [9.17, 15) is 0 Å². The topological polar surface area (TPSA) is 29.9 Å². The Morgan fingerprint density at radius 2 is 2.23 bits per heavy atom. The highest BCUT2D eigenvalue weighted by atomic mass is 15.2. The summed E-state index contributed by atoms with van der Waals surface area (Å²) in [4.78, 5) is 4.46. The van der Waals surface area contributed by atoms with Gasteiger partial charge in [0.25, 0.3) is 0 Å². The van der Waals surface area contributed by atoms with Crippen molar-refractivity contribution in [2.24, 2.45) is 0 Å². The quantitative estimate of drug-likeness (QED) is 0.771. The van der Waals surface area contributed by atoms with Crippen LogP contribution < -0.4 is 5.32 Å². The Hall–Kier alpha value is -0.990. The van der Waals surface area contributed by atoms with Crippen LogP contribution in [0.25, 0.3) is 0 Å². The summed E-state index contributed by atoms with van der Waals surface area (Å²) < 4.78 is 2.20. The third-order valence-electron chi connectivity index (χ3n) is 2.32. The number of hydrogen-bond donors (Lipinski definition) is 1. The minimum Gasteiger partial charge on any atom is -0.353 e. The normalized spacial score (nSPS) is 16.6. The average molecular weight is 179 g/mol. The van der Waals surface area contributed by atoms with Crippen molar-refractivity contribution >= 4 is 5.95 Å². The molecule has 1 saturated carbocycles. The lowest BCUT2D eigenvalue weighted by molar-refractivity contribution is 0.604. The molecule has 1 aromatic rings. The molecule has 0 spiro atoms. The Labute approximate surface area is 79.2 Å². The molecule has 0 aliphatic heterocycles. The highest BCUT2D eigenvalue weighted by Gasteiger charge is 2.23. The highest BCUT2D eigenvalue weighted by molar-refractivity contribution is 5.32. The molecule has 13 heavy (non-hydrogen) atoms. The Kier molecular flexibility index (Phi) is 2.02. The summed E-state index contributed by atoms with van der Waals surface area (Å²) in [5.41, 5.74) is 1.09. The number of nitrogens with one attached hydrogen (secondary N) is 1. The van der Waals surface area contributed by atoms with Gasteiger partial charge in [0.15, 0.2) is 0 Å². The summed E-state index contributed by atoms with van der Waals surface area (Å²) in [6.45, 7) is 6.40. The number of nitrogens with zero attached hydrogens (tertiary/aromatic N) is 2. The Morgan fingerprint density at radius 1 is 1.54 bits per heavy atom. The maximum absolute atomic E-state index is 4.46. The first-order valence-electron chi connectivity index (χ1n) is 4.99. The molecule has 1 fully saturated rings. The van der Waals surface area contributed by atoms with E-state index in [1.54, 1.807) is 0 Å². The fourth-order valence-corrected chi connectivity index (χ4v) is 1.43. The van der Waals surface area contributed by atoms with E-state index in [0.29, 0.717) is 12.1 Å². The van der Waals surface area contributed by atoms with Gasteiger partial charge in [0.05, 0.1) is 5.69 Å². The summed E-state index contributed by atoms with van der Waals surface area (Å²) in [6, 6.07) is 1.17. The number of imidazole rings is 1. The van der Waals surface area contributed by atoms with E-state index >= 15 is 0 Å². The third-order valence-corrected chi connectivity index (χ3v) is 2.32. The molecule has 1 aliphatic rings. The van der Waals surface area contributed by atoms with Crippen molar-refractivity contribution in [1.82, 2.24) is 9.55 Å². The van der Waals surface area contributed by atoms with Crippen molar-refractivity contribution in [3.8, 4) is 0 Å². The van der Waals surface area contributed by atoms with Crippen molar-refractivity contribution < 1.29 is 0 Å². The smallest absolute Gasteiger partial charge is 0.203 e. The monoisotopic (exact) mass is 179 g/mol. The Morgan fingerprint density at radius 3 is 2.77 bits per heavy atom. The van der Waals surface area contributed by atoms with Crippen LogP contribution in [0.4, 0.5) is 5.95 Å². The standard InChI is InChI=1S/C10H17N3/c1-7(2)13-6-8(3)11-10(13)12-9-4-5-9/h6-7,9H,4-5H2,1-3H3,(H,11,12). The van der Waals surface area contributed by atoms with Gasteiger partial charge in [-0.1, -0.05) is 0 Å². The van der Waals surface area contributed by atoms with Crippen LogP contribution in [-0.4, -0.2) is 15.6 Å². The first-order chi connectivity index (χ1) is 6.16. The maximum Gasteiger partial charge on any atom is 0.203 e. The molecule has 0 unspecified atom stereocenters. The molecule has 1 N–H and O–H groups in total. The Balaban J connectivity index is 2.19. The van der Waals surface area contributed by atoms with Gasteiger partial charge in [-0.3, -0.25) is 0 Å². The first kappa shape index (κ1) is 8.60. The molecule has 0 bridgehead atoms. The van der Waals surface area contributed by atoms with Crippen LogP contribution in [0.1, 0.15) is 38.4 Å². The minimum absolute atomic E-state index is 0.488. The van der Waals surface area contributed by atoms with Crippen molar-refractivity contribution in [3.63, 3.8) is 0 Å². The first-order valence-corrected chi connectivity index (χ1v) is 4.99. The fourth-order valence-electron chi connectivity index (χ4n) is 1.43. The molecule has 0 atom stereocenters. The number of anilines is 1. The van der Waals surface area contributed by atoms with E-state index in [4.69, 9.17) is 0 Å².